The van der Waals surface area contributed by atoms with Crippen LogP contribution in [0.1, 0.15) is 32.6 Å². The molecule has 0 bridgehead atoms. The van der Waals surface area contributed by atoms with Crippen molar-refractivity contribution in [2.75, 3.05) is 20.1 Å². The predicted molar refractivity (Wildman–Crippen MR) is 61.5 cm³/mol. The number of hydrogen-bond donors (Lipinski definition) is 2. The highest BCUT2D eigenvalue weighted by Gasteiger charge is 2.20. The third kappa shape index (κ3) is 4.18. The van der Waals surface area contributed by atoms with Gasteiger partial charge in [0.15, 0.2) is 0 Å². The second-order valence-corrected chi connectivity index (χ2v) is 4.48. The number of amides is 1. The lowest BCUT2D eigenvalue weighted by Crippen LogP contribution is -2.49. The maximum atomic E-state index is 11.6. The summed E-state index contributed by atoms with van der Waals surface area (Å²) in [5.74, 6) is 0.0198. The molecule has 1 fully saturated rings. The predicted octanol–water partition coefficient (Wildman–Crippen LogP) is 0.324. The van der Waals surface area contributed by atoms with Gasteiger partial charge in [0.05, 0.1) is 6.04 Å². The molecule has 3 N–H and O–H groups in total. The minimum atomic E-state index is -0.324. The summed E-state index contributed by atoms with van der Waals surface area (Å²) in [7, 11) is 2.11. The number of nitrogens with two attached hydrogens (primary N) is 1. The van der Waals surface area contributed by atoms with E-state index in [0.717, 1.165) is 38.8 Å². The fourth-order valence-electron chi connectivity index (χ4n) is 1.90. The molecular formula is C11H23N3O. The van der Waals surface area contributed by atoms with Crippen LogP contribution >= 0.6 is 0 Å². The third-order valence-corrected chi connectivity index (χ3v) is 3.00. The van der Waals surface area contributed by atoms with Crippen molar-refractivity contribution in [2.24, 2.45) is 5.73 Å². The molecule has 0 saturated carbocycles. The van der Waals surface area contributed by atoms with Crippen LogP contribution in [-0.4, -0.2) is 43.0 Å². The SMILES string of the molecule is CCCC(N)C(=O)NC1CCN(C)CC1. The summed E-state index contributed by atoms with van der Waals surface area (Å²) in [6.07, 6.45) is 3.82. The van der Waals surface area contributed by atoms with Gasteiger partial charge < -0.3 is 16.0 Å². The molecular weight excluding hydrogens is 190 g/mol. The fraction of sp³-hybridized carbons (Fsp3) is 0.909. The average molecular weight is 213 g/mol. The Hall–Kier alpha value is -0.610. The third-order valence-electron chi connectivity index (χ3n) is 3.00. The molecule has 0 aromatic rings. The number of carbonyl (C=O) groups is 1. The molecule has 4 nitrogen and oxygen atoms in total. The molecule has 88 valence electrons. The van der Waals surface area contributed by atoms with Gasteiger partial charge >= 0.3 is 0 Å². The van der Waals surface area contributed by atoms with Crippen molar-refractivity contribution in [1.82, 2.24) is 10.2 Å². The number of nitrogens with one attached hydrogen (secondary N) is 1. The summed E-state index contributed by atoms with van der Waals surface area (Å²) in [5, 5.41) is 3.03. The van der Waals surface area contributed by atoms with Gasteiger partial charge in [-0.2, -0.15) is 0 Å². The Kier molecular flexibility index (Phi) is 5.05. The van der Waals surface area contributed by atoms with E-state index in [2.05, 4.69) is 17.3 Å². The van der Waals surface area contributed by atoms with Crippen LogP contribution in [0.2, 0.25) is 0 Å². The van der Waals surface area contributed by atoms with E-state index in [9.17, 15) is 4.79 Å². The molecule has 1 saturated heterocycles. The number of piperidine rings is 1. The summed E-state index contributed by atoms with van der Waals surface area (Å²) in [6, 6.07) is 0.00580. The second-order valence-electron chi connectivity index (χ2n) is 4.48. The number of nitrogens with zero attached hydrogens (tertiary/aromatic N) is 1. The summed E-state index contributed by atoms with van der Waals surface area (Å²) in [5.41, 5.74) is 5.75. The summed E-state index contributed by atoms with van der Waals surface area (Å²) in [4.78, 5) is 13.9. The van der Waals surface area contributed by atoms with E-state index in [0.29, 0.717) is 6.04 Å². The maximum absolute atomic E-state index is 11.6. The molecule has 1 aliphatic heterocycles. The Balaban J connectivity index is 2.25. The number of hydrogen-bond acceptors (Lipinski definition) is 3. The molecule has 0 aliphatic carbocycles. The first kappa shape index (κ1) is 12.5. The van der Waals surface area contributed by atoms with Gasteiger partial charge in [-0.25, -0.2) is 0 Å². The van der Waals surface area contributed by atoms with Crippen LogP contribution in [0.15, 0.2) is 0 Å². The Morgan fingerprint density at radius 2 is 2.13 bits per heavy atom. The molecule has 0 spiro atoms. The first-order chi connectivity index (χ1) is 7.13. The van der Waals surface area contributed by atoms with Crippen molar-refractivity contribution in [3.8, 4) is 0 Å². The zero-order chi connectivity index (χ0) is 11.3. The Labute approximate surface area is 92.2 Å². The Morgan fingerprint density at radius 3 is 2.67 bits per heavy atom. The number of carbonyl (C=O) groups excluding carboxylic acids is 1. The van der Waals surface area contributed by atoms with E-state index < -0.39 is 0 Å². The van der Waals surface area contributed by atoms with Crippen molar-refractivity contribution >= 4 is 5.91 Å². The Morgan fingerprint density at radius 1 is 1.53 bits per heavy atom. The van der Waals surface area contributed by atoms with E-state index >= 15 is 0 Å². The van der Waals surface area contributed by atoms with Gasteiger partial charge in [-0.3, -0.25) is 4.79 Å². The van der Waals surface area contributed by atoms with Gasteiger partial charge in [-0.15, -0.1) is 0 Å². The van der Waals surface area contributed by atoms with Gasteiger partial charge in [0, 0.05) is 6.04 Å². The van der Waals surface area contributed by atoms with Crippen molar-refractivity contribution < 1.29 is 4.79 Å². The van der Waals surface area contributed by atoms with Gasteiger partial charge in [-0.1, -0.05) is 13.3 Å². The van der Waals surface area contributed by atoms with Gasteiger partial charge in [0.25, 0.3) is 0 Å². The van der Waals surface area contributed by atoms with E-state index in [4.69, 9.17) is 5.73 Å². The highest BCUT2D eigenvalue weighted by molar-refractivity contribution is 5.81. The quantitative estimate of drug-likeness (QED) is 0.707. The molecule has 1 amide bonds. The van der Waals surface area contributed by atoms with Crippen molar-refractivity contribution in [1.29, 1.82) is 0 Å². The van der Waals surface area contributed by atoms with Crippen LogP contribution in [-0.2, 0) is 4.79 Å². The molecule has 15 heavy (non-hydrogen) atoms. The molecule has 0 aromatic carbocycles. The highest BCUT2D eigenvalue weighted by atomic mass is 16.2. The lowest BCUT2D eigenvalue weighted by atomic mass is 10.0. The molecule has 0 aromatic heterocycles. The van der Waals surface area contributed by atoms with E-state index in [1.54, 1.807) is 0 Å². The van der Waals surface area contributed by atoms with Crippen LogP contribution in [0.4, 0.5) is 0 Å². The summed E-state index contributed by atoms with van der Waals surface area (Å²) in [6.45, 7) is 4.17. The lowest BCUT2D eigenvalue weighted by molar-refractivity contribution is -0.123. The summed E-state index contributed by atoms with van der Waals surface area (Å²) >= 11 is 0. The smallest absolute Gasteiger partial charge is 0.237 e. The zero-order valence-electron chi connectivity index (χ0n) is 9.83. The number of rotatable bonds is 4. The molecule has 4 heteroatoms. The Bertz CT molecular complexity index is 200. The normalized spacial score (nSPS) is 21.3. The zero-order valence-corrected chi connectivity index (χ0v) is 9.83. The van der Waals surface area contributed by atoms with Gasteiger partial charge in [0.1, 0.15) is 0 Å². The average Bonchev–Trinajstić information content (AvgIpc) is 2.22. The molecule has 1 atom stereocenters. The minimum absolute atomic E-state index is 0.0198. The van der Waals surface area contributed by atoms with Crippen molar-refractivity contribution in [3.63, 3.8) is 0 Å². The molecule has 1 heterocycles. The fourth-order valence-corrected chi connectivity index (χ4v) is 1.90. The van der Waals surface area contributed by atoms with E-state index in [-0.39, 0.29) is 11.9 Å². The largest absolute Gasteiger partial charge is 0.352 e. The second kappa shape index (κ2) is 6.08. The van der Waals surface area contributed by atoms with Crippen LogP contribution in [0.5, 0.6) is 0 Å². The van der Waals surface area contributed by atoms with Crippen LogP contribution in [0, 0.1) is 0 Å². The van der Waals surface area contributed by atoms with Crippen LogP contribution in [0.25, 0.3) is 0 Å². The maximum Gasteiger partial charge on any atom is 0.237 e. The first-order valence-corrected chi connectivity index (χ1v) is 5.88. The molecule has 1 unspecified atom stereocenters. The van der Waals surface area contributed by atoms with Crippen LogP contribution < -0.4 is 11.1 Å². The minimum Gasteiger partial charge on any atom is -0.352 e. The lowest BCUT2D eigenvalue weighted by Gasteiger charge is -2.30. The van der Waals surface area contributed by atoms with Crippen molar-refractivity contribution in [2.45, 2.75) is 44.7 Å². The van der Waals surface area contributed by atoms with Crippen LogP contribution in [0.3, 0.4) is 0 Å². The van der Waals surface area contributed by atoms with Gasteiger partial charge in [-0.05, 0) is 39.4 Å². The molecule has 0 radical (unpaired) electrons. The van der Waals surface area contributed by atoms with E-state index in [1.165, 1.54) is 0 Å². The molecule has 1 aliphatic rings. The summed E-state index contributed by atoms with van der Waals surface area (Å²) < 4.78 is 0. The standard InChI is InChI=1S/C11H23N3O/c1-3-4-10(12)11(15)13-9-5-7-14(2)8-6-9/h9-10H,3-8,12H2,1-2H3,(H,13,15). The topological polar surface area (TPSA) is 58.4 Å². The van der Waals surface area contributed by atoms with Crippen molar-refractivity contribution in [3.05, 3.63) is 0 Å². The molecule has 1 rings (SSSR count). The number of likely N-dealkylation sites (tertiary alicyclic amines) is 1. The monoisotopic (exact) mass is 213 g/mol. The van der Waals surface area contributed by atoms with E-state index in [1.807, 2.05) is 6.92 Å². The first-order valence-electron chi connectivity index (χ1n) is 5.88. The van der Waals surface area contributed by atoms with Gasteiger partial charge in [0.2, 0.25) is 5.91 Å². The highest BCUT2D eigenvalue weighted by Crippen LogP contribution is 2.08.